The Kier molecular flexibility index (Phi) is 10.1. The molecule has 1 atom stereocenters. The molecule has 8 nitrogen and oxygen atoms in total. The Labute approximate surface area is 229 Å². The highest BCUT2D eigenvalue weighted by atomic mass is 32.2. The summed E-state index contributed by atoms with van der Waals surface area (Å²) in [6, 6.07) is 17.6. The molecule has 1 unspecified atom stereocenters. The summed E-state index contributed by atoms with van der Waals surface area (Å²) in [7, 11) is -4.22. The molecule has 0 bridgehead atoms. The van der Waals surface area contributed by atoms with Crippen LogP contribution < -0.4 is 14.4 Å². The highest BCUT2D eigenvalue weighted by molar-refractivity contribution is 7.92. The monoisotopic (exact) mass is 555 g/mol. The number of ether oxygens (including phenoxy) is 1. The molecular weight excluding hydrogens is 521 g/mol. The van der Waals surface area contributed by atoms with E-state index in [4.69, 9.17) is 4.74 Å². The van der Waals surface area contributed by atoms with E-state index in [1.807, 2.05) is 6.92 Å². The first-order chi connectivity index (χ1) is 18.6. The van der Waals surface area contributed by atoms with Gasteiger partial charge in [0.2, 0.25) is 11.8 Å². The van der Waals surface area contributed by atoms with Crippen molar-refractivity contribution in [3.63, 3.8) is 0 Å². The molecule has 3 aromatic carbocycles. The molecule has 0 aliphatic carbocycles. The maximum absolute atomic E-state index is 13.9. The van der Waals surface area contributed by atoms with Gasteiger partial charge >= 0.3 is 0 Å². The van der Waals surface area contributed by atoms with Crippen LogP contribution in [0.15, 0.2) is 77.7 Å². The van der Waals surface area contributed by atoms with E-state index in [2.05, 4.69) is 5.32 Å². The van der Waals surface area contributed by atoms with Gasteiger partial charge in [0, 0.05) is 13.1 Å². The zero-order valence-electron chi connectivity index (χ0n) is 22.6. The van der Waals surface area contributed by atoms with Crippen LogP contribution in [0.1, 0.15) is 31.9 Å². The number of hydrogen-bond donors (Lipinski definition) is 1. The second kappa shape index (κ2) is 13.2. The molecule has 0 saturated carbocycles. The fourth-order valence-electron chi connectivity index (χ4n) is 3.98. The number of carbonyl (C=O) groups excluding carboxylic acids is 2. The van der Waals surface area contributed by atoms with Crippen molar-refractivity contribution in [1.29, 1.82) is 0 Å². The van der Waals surface area contributed by atoms with Gasteiger partial charge in [-0.2, -0.15) is 0 Å². The largest absolute Gasteiger partial charge is 0.492 e. The zero-order valence-corrected chi connectivity index (χ0v) is 23.4. The summed E-state index contributed by atoms with van der Waals surface area (Å²) < 4.78 is 48.1. The number of hydrogen-bond acceptors (Lipinski definition) is 5. The molecule has 10 heteroatoms. The van der Waals surface area contributed by atoms with Gasteiger partial charge in [-0.15, -0.1) is 0 Å². The number of aryl methyl sites for hydroxylation is 1. The van der Waals surface area contributed by atoms with E-state index in [1.165, 1.54) is 41.3 Å². The Morgan fingerprint density at radius 2 is 1.62 bits per heavy atom. The second-order valence-corrected chi connectivity index (χ2v) is 10.8. The number of halogens is 1. The number of para-hydroxylation sites is 2. The molecule has 2 amide bonds. The molecule has 0 fully saturated rings. The molecule has 0 spiro atoms. The molecular formula is C29H34FN3O5S. The standard InChI is InChI=1S/C29H34FN3O5S/c1-5-31-29(35)22(4)32(19-23-13-15-24(30)16-14-23)28(34)20-33(26-9-7-8-10-27(26)38-6-2)39(36,37)25-17-11-21(3)12-18-25/h7-18,22H,5-6,19-20H2,1-4H3,(H,31,35). The summed E-state index contributed by atoms with van der Waals surface area (Å²) >= 11 is 0. The van der Waals surface area contributed by atoms with Crippen molar-refractivity contribution in [2.45, 2.75) is 45.2 Å². The summed E-state index contributed by atoms with van der Waals surface area (Å²) in [5.74, 6) is -1.14. The average Bonchev–Trinajstić information content (AvgIpc) is 2.92. The average molecular weight is 556 g/mol. The van der Waals surface area contributed by atoms with E-state index in [-0.39, 0.29) is 23.7 Å². The first-order valence-electron chi connectivity index (χ1n) is 12.7. The maximum atomic E-state index is 13.9. The summed E-state index contributed by atoms with van der Waals surface area (Å²) in [4.78, 5) is 27.9. The van der Waals surface area contributed by atoms with Gasteiger partial charge in [-0.05, 0) is 69.7 Å². The van der Waals surface area contributed by atoms with Crippen LogP contribution in [0.5, 0.6) is 5.75 Å². The number of anilines is 1. The van der Waals surface area contributed by atoms with E-state index in [9.17, 15) is 22.4 Å². The predicted molar refractivity (Wildman–Crippen MR) is 148 cm³/mol. The van der Waals surface area contributed by atoms with E-state index in [0.717, 1.165) is 9.87 Å². The van der Waals surface area contributed by atoms with Gasteiger partial charge in [-0.1, -0.05) is 42.0 Å². The minimum absolute atomic E-state index is 0.00839. The first-order valence-corrected chi connectivity index (χ1v) is 14.1. The van der Waals surface area contributed by atoms with E-state index >= 15 is 0 Å². The van der Waals surface area contributed by atoms with Crippen LogP contribution in [-0.4, -0.2) is 50.9 Å². The van der Waals surface area contributed by atoms with Crippen LogP contribution in [0.3, 0.4) is 0 Å². The lowest BCUT2D eigenvalue weighted by Gasteiger charge is -2.32. The van der Waals surface area contributed by atoms with Crippen LogP contribution in [0, 0.1) is 12.7 Å². The molecule has 208 valence electrons. The van der Waals surface area contributed by atoms with E-state index in [0.29, 0.717) is 17.9 Å². The maximum Gasteiger partial charge on any atom is 0.264 e. The fourth-order valence-corrected chi connectivity index (χ4v) is 5.41. The van der Waals surface area contributed by atoms with Gasteiger partial charge in [-0.3, -0.25) is 13.9 Å². The van der Waals surface area contributed by atoms with Crippen molar-refractivity contribution in [3.8, 4) is 5.75 Å². The Morgan fingerprint density at radius 1 is 0.974 bits per heavy atom. The molecule has 0 heterocycles. The third kappa shape index (κ3) is 7.35. The zero-order chi connectivity index (χ0) is 28.6. The van der Waals surface area contributed by atoms with E-state index in [1.54, 1.807) is 57.2 Å². The van der Waals surface area contributed by atoms with Gasteiger partial charge in [-0.25, -0.2) is 12.8 Å². The van der Waals surface area contributed by atoms with Gasteiger partial charge < -0.3 is 15.0 Å². The summed E-state index contributed by atoms with van der Waals surface area (Å²) in [6.07, 6.45) is 0. The lowest BCUT2D eigenvalue weighted by molar-refractivity contribution is -0.139. The van der Waals surface area contributed by atoms with E-state index < -0.39 is 40.2 Å². The number of nitrogens with zero attached hydrogens (tertiary/aromatic N) is 2. The Hall–Kier alpha value is -3.92. The molecule has 0 aliphatic heterocycles. The molecule has 3 aromatic rings. The van der Waals surface area contributed by atoms with Gasteiger partial charge in [0.1, 0.15) is 24.2 Å². The van der Waals surface area contributed by atoms with Crippen LogP contribution in [0.4, 0.5) is 10.1 Å². The topological polar surface area (TPSA) is 96.0 Å². The molecule has 0 radical (unpaired) electrons. The highest BCUT2D eigenvalue weighted by Crippen LogP contribution is 2.33. The van der Waals surface area contributed by atoms with Crippen molar-refractivity contribution >= 4 is 27.5 Å². The van der Waals surface area contributed by atoms with Gasteiger partial charge in [0.05, 0.1) is 17.2 Å². The molecule has 0 aromatic heterocycles. The first kappa shape index (κ1) is 29.6. The third-order valence-electron chi connectivity index (χ3n) is 6.11. The van der Waals surface area contributed by atoms with Crippen molar-refractivity contribution in [2.24, 2.45) is 0 Å². The smallest absolute Gasteiger partial charge is 0.264 e. The summed E-state index contributed by atoms with van der Waals surface area (Å²) in [5, 5.41) is 2.70. The number of carbonyl (C=O) groups is 2. The van der Waals surface area contributed by atoms with Crippen molar-refractivity contribution < 1.29 is 27.1 Å². The normalized spacial score (nSPS) is 11.9. The van der Waals surface area contributed by atoms with Gasteiger partial charge in [0.15, 0.2) is 0 Å². The molecule has 39 heavy (non-hydrogen) atoms. The van der Waals surface area contributed by atoms with Crippen molar-refractivity contribution in [3.05, 3.63) is 89.7 Å². The van der Waals surface area contributed by atoms with Gasteiger partial charge in [0.25, 0.3) is 10.0 Å². The Balaban J connectivity index is 2.07. The van der Waals surface area contributed by atoms with Crippen LogP contribution in [0.25, 0.3) is 0 Å². The molecule has 1 N–H and O–H groups in total. The minimum atomic E-state index is -4.22. The Bertz CT molecular complexity index is 1380. The number of amides is 2. The molecule has 0 aliphatic rings. The van der Waals surface area contributed by atoms with Crippen LogP contribution in [-0.2, 0) is 26.2 Å². The number of rotatable bonds is 12. The highest BCUT2D eigenvalue weighted by Gasteiger charge is 2.33. The number of nitrogens with one attached hydrogen (secondary N) is 1. The van der Waals surface area contributed by atoms with Crippen molar-refractivity contribution in [2.75, 3.05) is 24.0 Å². The minimum Gasteiger partial charge on any atom is -0.492 e. The second-order valence-electron chi connectivity index (χ2n) is 8.94. The molecule has 0 saturated heterocycles. The quantitative estimate of drug-likeness (QED) is 0.360. The number of likely N-dealkylation sites (N-methyl/N-ethyl adjacent to an activating group) is 1. The summed E-state index contributed by atoms with van der Waals surface area (Å²) in [5.41, 5.74) is 1.66. The number of benzene rings is 3. The third-order valence-corrected chi connectivity index (χ3v) is 7.88. The lowest BCUT2D eigenvalue weighted by atomic mass is 10.1. The fraction of sp³-hybridized carbons (Fsp3) is 0.310. The SMILES string of the molecule is CCNC(=O)C(C)N(Cc1ccc(F)cc1)C(=O)CN(c1ccccc1OCC)S(=O)(=O)c1ccc(C)cc1. The number of sulfonamides is 1. The Morgan fingerprint density at radius 3 is 2.23 bits per heavy atom. The van der Waals surface area contributed by atoms with Crippen LogP contribution in [0.2, 0.25) is 0 Å². The van der Waals surface area contributed by atoms with Crippen molar-refractivity contribution in [1.82, 2.24) is 10.2 Å². The summed E-state index contributed by atoms with van der Waals surface area (Å²) in [6.45, 7) is 6.98. The van der Waals surface area contributed by atoms with Crippen LogP contribution >= 0.6 is 0 Å². The molecule has 3 rings (SSSR count). The predicted octanol–water partition coefficient (Wildman–Crippen LogP) is 4.28. The lowest BCUT2D eigenvalue weighted by Crippen LogP contribution is -2.51.